The lowest BCUT2D eigenvalue weighted by molar-refractivity contribution is -0.123. The number of halogens is 1. The predicted molar refractivity (Wildman–Crippen MR) is 115 cm³/mol. The fourth-order valence-electron chi connectivity index (χ4n) is 4.14. The van der Waals surface area contributed by atoms with Gasteiger partial charge in [-0.05, 0) is 73.4 Å². The van der Waals surface area contributed by atoms with E-state index in [-0.39, 0.29) is 33.3 Å². The number of primary amides is 1. The number of carbonyl (C=O) groups is 2. The second-order valence-corrected chi connectivity index (χ2v) is 7.80. The smallest absolute Gasteiger partial charge is 0.259 e. The van der Waals surface area contributed by atoms with Crippen LogP contribution in [-0.4, -0.2) is 22.5 Å². The number of hydrogen-bond donors (Lipinski definition) is 1. The van der Waals surface area contributed by atoms with E-state index in [2.05, 4.69) is 0 Å². The quantitative estimate of drug-likeness (QED) is 0.741. The summed E-state index contributed by atoms with van der Waals surface area (Å²) >= 11 is 5.65. The Morgan fingerprint density at radius 3 is 2.35 bits per heavy atom. The van der Waals surface area contributed by atoms with Gasteiger partial charge in [0.15, 0.2) is 5.11 Å². The SMILES string of the molecule is N#Cc1ccc(N2C(=O)C3(CCC3)N(c3ccc(C(N)=O)c(CF)c3)C2=S)cc1C#N. The maximum atomic E-state index is 13.6. The molecule has 0 bridgehead atoms. The first kappa shape index (κ1) is 20.5. The normalized spacial score (nSPS) is 16.7. The third-order valence-electron chi connectivity index (χ3n) is 5.85. The number of nitrogens with two attached hydrogens (primary N) is 1. The molecular formula is C22H16FN5O2S. The predicted octanol–water partition coefficient (Wildman–Crippen LogP) is 3.06. The van der Waals surface area contributed by atoms with Gasteiger partial charge in [0.05, 0.1) is 16.8 Å². The monoisotopic (exact) mass is 433 g/mol. The average Bonchev–Trinajstić information content (AvgIpc) is 2.99. The maximum Gasteiger partial charge on any atom is 0.259 e. The van der Waals surface area contributed by atoms with E-state index in [0.29, 0.717) is 24.2 Å². The van der Waals surface area contributed by atoms with Crippen LogP contribution in [0.5, 0.6) is 0 Å². The van der Waals surface area contributed by atoms with Crippen LogP contribution in [0.25, 0.3) is 0 Å². The van der Waals surface area contributed by atoms with E-state index in [1.165, 1.54) is 29.2 Å². The summed E-state index contributed by atoms with van der Waals surface area (Å²) in [6, 6.07) is 12.9. The number of hydrogen-bond acceptors (Lipinski definition) is 5. The van der Waals surface area contributed by atoms with Gasteiger partial charge >= 0.3 is 0 Å². The van der Waals surface area contributed by atoms with E-state index in [1.807, 2.05) is 12.1 Å². The van der Waals surface area contributed by atoms with Crippen LogP contribution in [0.3, 0.4) is 0 Å². The Morgan fingerprint density at radius 2 is 1.81 bits per heavy atom. The van der Waals surface area contributed by atoms with Crippen LogP contribution in [0.2, 0.25) is 0 Å². The molecule has 2 aromatic carbocycles. The summed E-state index contributed by atoms with van der Waals surface area (Å²) in [5, 5.41) is 18.7. The van der Waals surface area contributed by atoms with E-state index in [9.17, 15) is 19.2 Å². The van der Waals surface area contributed by atoms with Gasteiger partial charge in [-0.3, -0.25) is 14.5 Å². The van der Waals surface area contributed by atoms with Crippen LogP contribution in [0, 0.1) is 22.7 Å². The van der Waals surface area contributed by atoms with Crippen LogP contribution in [0.4, 0.5) is 15.8 Å². The van der Waals surface area contributed by atoms with Crippen molar-refractivity contribution in [3.8, 4) is 12.1 Å². The molecule has 0 radical (unpaired) electrons. The van der Waals surface area contributed by atoms with Crippen molar-refractivity contribution in [2.45, 2.75) is 31.5 Å². The molecule has 2 amide bonds. The van der Waals surface area contributed by atoms with Crippen molar-refractivity contribution in [1.82, 2.24) is 0 Å². The third kappa shape index (κ3) is 2.94. The van der Waals surface area contributed by atoms with Gasteiger partial charge < -0.3 is 10.6 Å². The van der Waals surface area contributed by atoms with Crippen molar-refractivity contribution >= 4 is 40.5 Å². The van der Waals surface area contributed by atoms with Crippen LogP contribution in [0.1, 0.15) is 46.3 Å². The topological polar surface area (TPSA) is 114 Å². The Hall–Kier alpha value is -3.82. The molecule has 1 saturated carbocycles. The minimum atomic E-state index is -0.903. The van der Waals surface area contributed by atoms with Gasteiger partial charge in [-0.25, -0.2) is 4.39 Å². The number of alkyl halides is 1. The molecule has 1 saturated heterocycles. The van der Waals surface area contributed by atoms with E-state index in [0.717, 1.165) is 6.42 Å². The van der Waals surface area contributed by atoms with Crippen molar-refractivity contribution in [1.29, 1.82) is 10.5 Å². The third-order valence-corrected chi connectivity index (χ3v) is 6.22. The van der Waals surface area contributed by atoms with Crippen LogP contribution in [-0.2, 0) is 11.5 Å². The lowest BCUT2D eigenvalue weighted by atomic mass is 9.75. The molecule has 0 unspecified atom stereocenters. The van der Waals surface area contributed by atoms with E-state index < -0.39 is 18.1 Å². The zero-order valence-corrected chi connectivity index (χ0v) is 17.1. The molecule has 2 aromatic rings. The fourth-order valence-corrected chi connectivity index (χ4v) is 4.61. The van der Waals surface area contributed by atoms with Crippen molar-refractivity contribution in [2.75, 3.05) is 9.80 Å². The molecular weight excluding hydrogens is 417 g/mol. The summed E-state index contributed by atoms with van der Waals surface area (Å²) < 4.78 is 13.6. The lowest BCUT2D eigenvalue weighted by Crippen LogP contribution is -2.55. The molecule has 154 valence electrons. The molecule has 4 rings (SSSR count). The van der Waals surface area contributed by atoms with Crippen molar-refractivity contribution in [3.05, 3.63) is 58.7 Å². The van der Waals surface area contributed by atoms with E-state index in [4.69, 9.17) is 23.2 Å². The van der Waals surface area contributed by atoms with Crippen molar-refractivity contribution in [3.63, 3.8) is 0 Å². The number of carbonyl (C=O) groups excluding carboxylic acids is 2. The van der Waals surface area contributed by atoms with Gasteiger partial charge in [-0.2, -0.15) is 10.5 Å². The first-order valence-corrected chi connectivity index (χ1v) is 9.90. The summed E-state index contributed by atoms with van der Waals surface area (Å²) in [7, 11) is 0. The molecule has 31 heavy (non-hydrogen) atoms. The van der Waals surface area contributed by atoms with Gasteiger partial charge in [0.1, 0.15) is 24.4 Å². The highest BCUT2D eigenvalue weighted by Gasteiger charge is 2.59. The molecule has 1 heterocycles. The molecule has 0 aromatic heterocycles. The number of rotatable bonds is 4. The highest BCUT2D eigenvalue weighted by Crippen LogP contribution is 2.48. The second-order valence-electron chi connectivity index (χ2n) is 7.44. The number of thiocarbonyl (C=S) groups is 1. The molecule has 2 fully saturated rings. The fraction of sp³-hybridized carbons (Fsp3) is 0.227. The molecule has 0 atom stereocenters. The van der Waals surface area contributed by atoms with Gasteiger partial charge in [0.2, 0.25) is 5.91 Å². The molecule has 2 N–H and O–H groups in total. The largest absolute Gasteiger partial charge is 0.366 e. The number of nitrogens with zero attached hydrogens (tertiary/aromatic N) is 4. The average molecular weight is 433 g/mol. The maximum absolute atomic E-state index is 13.6. The van der Waals surface area contributed by atoms with Crippen molar-refractivity contribution in [2.24, 2.45) is 5.73 Å². The second kappa shape index (κ2) is 7.46. The Labute approximate surface area is 183 Å². The van der Waals surface area contributed by atoms with Gasteiger partial charge in [0.25, 0.3) is 5.91 Å². The van der Waals surface area contributed by atoms with Crippen LogP contribution < -0.4 is 15.5 Å². The minimum Gasteiger partial charge on any atom is -0.366 e. The zero-order chi connectivity index (χ0) is 22.3. The summed E-state index contributed by atoms with van der Waals surface area (Å²) in [5.74, 6) is -0.973. The standard InChI is InChI=1S/C22H16FN5O2S/c23-10-14-8-17(4-5-18(14)19(26)29)28-21(31)27(20(30)22(28)6-1-7-22)16-3-2-13(11-24)15(9-16)12-25/h2-5,8-9H,1,6-7,10H2,(H2,26,29). The zero-order valence-electron chi connectivity index (χ0n) is 16.3. The Bertz CT molecular complexity index is 1230. The first-order chi connectivity index (χ1) is 14.9. The Morgan fingerprint density at radius 1 is 1.13 bits per heavy atom. The van der Waals surface area contributed by atoms with E-state index in [1.54, 1.807) is 17.0 Å². The highest BCUT2D eigenvalue weighted by molar-refractivity contribution is 7.81. The molecule has 1 spiro atoms. The van der Waals surface area contributed by atoms with Gasteiger partial charge in [0, 0.05) is 11.3 Å². The number of anilines is 2. The van der Waals surface area contributed by atoms with E-state index >= 15 is 0 Å². The summed E-state index contributed by atoms with van der Waals surface area (Å²) in [6.45, 7) is -0.890. The van der Waals surface area contributed by atoms with Gasteiger partial charge in [-0.15, -0.1) is 0 Å². The minimum absolute atomic E-state index is 0.0768. The number of benzene rings is 2. The highest BCUT2D eigenvalue weighted by atomic mass is 32.1. The Balaban J connectivity index is 1.82. The molecule has 7 nitrogen and oxygen atoms in total. The van der Waals surface area contributed by atoms with Crippen LogP contribution in [0.15, 0.2) is 36.4 Å². The van der Waals surface area contributed by atoms with Crippen LogP contribution >= 0.6 is 12.2 Å². The molecule has 9 heteroatoms. The summed E-state index contributed by atoms with van der Waals surface area (Å²) in [6.07, 6.45) is 1.95. The summed E-state index contributed by atoms with van der Waals surface area (Å²) in [5.41, 5.74) is 5.85. The lowest BCUT2D eigenvalue weighted by Gasteiger charge is -2.43. The molecule has 1 aliphatic heterocycles. The number of nitriles is 2. The Kier molecular flexibility index (Phi) is 4.92. The summed E-state index contributed by atoms with van der Waals surface area (Å²) in [4.78, 5) is 28.1. The van der Waals surface area contributed by atoms with Crippen molar-refractivity contribution < 1.29 is 14.0 Å². The van der Waals surface area contributed by atoms with Gasteiger partial charge in [-0.1, -0.05) is 0 Å². The first-order valence-electron chi connectivity index (χ1n) is 9.49. The number of amides is 2. The molecule has 1 aliphatic carbocycles. The molecule has 2 aliphatic rings.